The van der Waals surface area contributed by atoms with E-state index in [0.29, 0.717) is 11.9 Å². The van der Waals surface area contributed by atoms with Crippen molar-refractivity contribution in [1.82, 2.24) is 14.6 Å². The molecule has 108 valence electrons. The van der Waals surface area contributed by atoms with Gasteiger partial charge in [0, 0.05) is 11.7 Å². The molecule has 1 aliphatic rings. The SMILES string of the molecule is Cc1nc(N)c2nc(C)n(NC3CCCCC3)c2c1C. The average molecular weight is 273 g/mol. The van der Waals surface area contributed by atoms with Crippen molar-refractivity contribution in [1.29, 1.82) is 0 Å². The van der Waals surface area contributed by atoms with E-state index in [1.807, 2.05) is 13.8 Å². The molecule has 0 bridgehead atoms. The van der Waals surface area contributed by atoms with Crippen LogP contribution in [0, 0.1) is 20.8 Å². The lowest BCUT2D eigenvalue weighted by Crippen LogP contribution is -2.30. The molecule has 0 aromatic carbocycles. The number of nitrogens with zero attached hydrogens (tertiary/aromatic N) is 3. The van der Waals surface area contributed by atoms with Crippen molar-refractivity contribution in [3.63, 3.8) is 0 Å². The Kier molecular flexibility index (Phi) is 3.28. The second-order valence-corrected chi connectivity index (χ2v) is 5.86. The molecule has 3 N–H and O–H groups in total. The van der Waals surface area contributed by atoms with Gasteiger partial charge in [-0.1, -0.05) is 19.3 Å². The maximum Gasteiger partial charge on any atom is 0.151 e. The summed E-state index contributed by atoms with van der Waals surface area (Å²) in [6.45, 7) is 6.10. The molecule has 5 heteroatoms. The third-order valence-electron chi connectivity index (χ3n) is 4.39. The standard InChI is InChI=1S/C15H23N5/c1-9-10(2)17-15(16)13-14(9)20(11(3)18-13)19-12-7-5-4-6-8-12/h12,19H,4-8H2,1-3H3,(H2,16,17). The Morgan fingerprint density at radius 3 is 2.50 bits per heavy atom. The fourth-order valence-electron chi connectivity index (χ4n) is 3.12. The predicted octanol–water partition coefficient (Wildman–Crippen LogP) is 2.81. The van der Waals surface area contributed by atoms with Gasteiger partial charge in [-0.15, -0.1) is 0 Å². The van der Waals surface area contributed by atoms with E-state index in [4.69, 9.17) is 5.73 Å². The van der Waals surface area contributed by atoms with Crippen LogP contribution in [0.5, 0.6) is 0 Å². The van der Waals surface area contributed by atoms with Crippen LogP contribution in [0.3, 0.4) is 0 Å². The number of nitrogens with two attached hydrogens (primary N) is 1. The Hall–Kier alpha value is -1.78. The number of imidazole rings is 1. The van der Waals surface area contributed by atoms with Crippen molar-refractivity contribution in [2.75, 3.05) is 11.2 Å². The van der Waals surface area contributed by atoms with Crippen molar-refractivity contribution in [3.8, 4) is 0 Å². The number of fused-ring (bicyclic) bond motifs is 1. The average Bonchev–Trinajstić information content (AvgIpc) is 2.76. The van der Waals surface area contributed by atoms with E-state index in [1.165, 1.54) is 32.1 Å². The minimum absolute atomic E-state index is 0.524. The van der Waals surface area contributed by atoms with Crippen LogP contribution in [0.1, 0.15) is 49.2 Å². The molecule has 0 amide bonds. The third-order valence-corrected chi connectivity index (χ3v) is 4.39. The van der Waals surface area contributed by atoms with Gasteiger partial charge in [0.1, 0.15) is 11.3 Å². The molecule has 0 aliphatic heterocycles. The van der Waals surface area contributed by atoms with Gasteiger partial charge in [-0.05, 0) is 39.2 Å². The van der Waals surface area contributed by atoms with Gasteiger partial charge in [0.15, 0.2) is 5.82 Å². The Balaban J connectivity index is 2.07. The highest BCUT2D eigenvalue weighted by molar-refractivity contribution is 5.88. The van der Waals surface area contributed by atoms with Crippen molar-refractivity contribution in [3.05, 3.63) is 17.1 Å². The zero-order chi connectivity index (χ0) is 14.3. The molecule has 1 fully saturated rings. The zero-order valence-electron chi connectivity index (χ0n) is 12.5. The van der Waals surface area contributed by atoms with Crippen LogP contribution in [-0.4, -0.2) is 20.7 Å². The van der Waals surface area contributed by atoms with Crippen LogP contribution in [0.4, 0.5) is 5.82 Å². The number of rotatable bonds is 2. The van der Waals surface area contributed by atoms with E-state index in [-0.39, 0.29) is 0 Å². The van der Waals surface area contributed by atoms with Crippen molar-refractivity contribution in [2.24, 2.45) is 0 Å². The minimum Gasteiger partial charge on any atom is -0.382 e. The second-order valence-electron chi connectivity index (χ2n) is 5.86. The number of nitrogens with one attached hydrogen (secondary N) is 1. The number of pyridine rings is 1. The van der Waals surface area contributed by atoms with Gasteiger partial charge in [-0.2, -0.15) is 0 Å². The Morgan fingerprint density at radius 1 is 1.10 bits per heavy atom. The summed E-state index contributed by atoms with van der Waals surface area (Å²) in [6.07, 6.45) is 6.45. The lowest BCUT2D eigenvalue weighted by molar-refractivity contribution is 0.438. The maximum atomic E-state index is 6.03. The van der Waals surface area contributed by atoms with Crippen molar-refractivity contribution in [2.45, 2.75) is 58.9 Å². The topological polar surface area (TPSA) is 68.8 Å². The quantitative estimate of drug-likeness (QED) is 0.883. The predicted molar refractivity (Wildman–Crippen MR) is 82.4 cm³/mol. The number of hydrogen-bond acceptors (Lipinski definition) is 4. The number of hydrogen-bond donors (Lipinski definition) is 2. The van der Waals surface area contributed by atoms with E-state index in [1.54, 1.807) is 0 Å². The molecule has 1 saturated carbocycles. The minimum atomic E-state index is 0.524. The molecule has 2 aromatic heterocycles. The highest BCUT2D eigenvalue weighted by Crippen LogP contribution is 2.26. The summed E-state index contributed by atoms with van der Waals surface area (Å²) in [7, 11) is 0. The summed E-state index contributed by atoms with van der Waals surface area (Å²) < 4.78 is 2.12. The first kappa shape index (κ1) is 13.2. The first-order valence-corrected chi connectivity index (χ1v) is 7.46. The molecule has 2 aromatic rings. The van der Waals surface area contributed by atoms with Gasteiger partial charge in [0.05, 0.1) is 5.52 Å². The number of aryl methyl sites for hydroxylation is 3. The highest BCUT2D eigenvalue weighted by Gasteiger charge is 2.19. The van der Waals surface area contributed by atoms with Crippen molar-refractivity contribution < 1.29 is 0 Å². The molecule has 0 saturated heterocycles. The lowest BCUT2D eigenvalue weighted by Gasteiger charge is -2.25. The molecular weight excluding hydrogens is 250 g/mol. The first-order chi connectivity index (χ1) is 9.58. The normalized spacial score (nSPS) is 16.8. The van der Waals surface area contributed by atoms with E-state index in [0.717, 1.165) is 28.1 Å². The molecule has 3 rings (SSSR count). The van der Waals surface area contributed by atoms with Gasteiger partial charge in [0.25, 0.3) is 0 Å². The smallest absolute Gasteiger partial charge is 0.151 e. The van der Waals surface area contributed by atoms with Gasteiger partial charge in [-0.3, -0.25) is 0 Å². The highest BCUT2D eigenvalue weighted by atomic mass is 15.4. The monoisotopic (exact) mass is 273 g/mol. The lowest BCUT2D eigenvalue weighted by atomic mass is 9.96. The van der Waals surface area contributed by atoms with Crippen LogP contribution in [-0.2, 0) is 0 Å². The van der Waals surface area contributed by atoms with Crippen molar-refractivity contribution >= 4 is 16.9 Å². The van der Waals surface area contributed by atoms with E-state index in [2.05, 4.69) is 27.0 Å². The zero-order valence-corrected chi connectivity index (χ0v) is 12.5. The summed E-state index contributed by atoms with van der Waals surface area (Å²) in [6, 6.07) is 0.536. The fourth-order valence-corrected chi connectivity index (χ4v) is 3.12. The number of anilines is 1. The van der Waals surface area contributed by atoms with E-state index >= 15 is 0 Å². The molecule has 0 atom stereocenters. The van der Waals surface area contributed by atoms with Gasteiger partial charge < -0.3 is 11.2 Å². The van der Waals surface area contributed by atoms with E-state index < -0.39 is 0 Å². The van der Waals surface area contributed by atoms with Crippen LogP contribution < -0.4 is 11.2 Å². The second kappa shape index (κ2) is 4.96. The number of aromatic nitrogens is 3. The molecular formula is C15H23N5. The molecule has 20 heavy (non-hydrogen) atoms. The summed E-state index contributed by atoms with van der Waals surface area (Å²) in [5.74, 6) is 1.48. The maximum absolute atomic E-state index is 6.03. The molecule has 0 unspecified atom stereocenters. The third kappa shape index (κ3) is 2.11. The summed E-state index contributed by atoms with van der Waals surface area (Å²) in [5.41, 5.74) is 13.7. The molecule has 1 aliphatic carbocycles. The Labute approximate surface area is 119 Å². The molecule has 0 radical (unpaired) electrons. The summed E-state index contributed by atoms with van der Waals surface area (Å²) in [4.78, 5) is 8.97. The Bertz CT molecular complexity index is 637. The van der Waals surface area contributed by atoms with Crippen LogP contribution in [0.25, 0.3) is 11.0 Å². The van der Waals surface area contributed by atoms with Gasteiger partial charge in [0.2, 0.25) is 0 Å². The van der Waals surface area contributed by atoms with Crippen LogP contribution >= 0.6 is 0 Å². The van der Waals surface area contributed by atoms with Crippen LogP contribution in [0.15, 0.2) is 0 Å². The van der Waals surface area contributed by atoms with Gasteiger partial charge in [-0.25, -0.2) is 14.6 Å². The molecule has 2 heterocycles. The summed E-state index contributed by atoms with van der Waals surface area (Å²) >= 11 is 0. The summed E-state index contributed by atoms with van der Waals surface area (Å²) in [5, 5.41) is 0. The van der Waals surface area contributed by atoms with Gasteiger partial charge >= 0.3 is 0 Å². The molecule has 0 spiro atoms. The first-order valence-electron chi connectivity index (χ1n) is 7.46. The molecule has 5 nitrogen and oxygen atoms in total. The largest absolute Gasteiger partial charge is 0.382 e. The van der Waals surface area contributed by atoms with E-state index in [9.17, 15) is 0 Å². The Morgan fingerprint density at radius 2 is 1.80 bits per heavy atom. The number of nitrogen functional groups attached to an aromatic ring is 1. The van der Waals surface area contributed by atoms with Crippen LogP contribution in [0.2, 0.25) is 0 Å². The fraction of sp³-hybridized carbons (Fsp3) is 0.600.